The molecule has 3 aliphatic rings. The first-order chi connectivity index (χ1) is 16.7. The van der Waals surface area contributed by atoms with E-state index in [1.54, 1.807) is 38.1 Å². The first kappa shape index (κ1) is 25.8. The van der Waals surface area contributed by atoms with Crippen LogP contribution in [0.3, 0.4) is 0 Å². The number of carbonyl (C=O) groups excluding carboxylic acids is 3. The molecule has 0 spiro atoms. The maximum Gasteiger partial charge on any atom is 0.255 e. The van der Waals surface area contributed by atoms with Crippen molar-refractivity contribution in [2.75, 3.05) is 28.2 Å². The molecule has 0 aliphatic heterocycles. The highest BCUT2D eigenvalue weighted by molar-refractivity contribution is 6.24. The number of aliphatic hydroxyl groups excluding tert-OH is 3. The largest absolute Gasteiger partial charge is 0.508 e. The van der Waals surface area contributed by atoms with E-state index < -0.39 is 75.6 Å². The minimum absolute atomic E-state index is 0.00894. The normalized spacial score (nSPS) is 32.1. The van der Waals surface area contributed by atoms with Gasteiger partial charge in [-0.3, -0.25) is 19.3 Å². The van der Waals surface area contributed by atoms with Gasteiger partial charge in [-0.05, 0) is 39.7 Å². The molecule has 7 N–H and O–H groups in total. The standard InChI is InChI=1S/C25H31N3O8/c1-9-11-7-6-10(8-27(2)3)18(29)13(11)19(30)14-12(9)20(31)16-17(28(4)5)21(32)15(24(26)35)23(34)25(16,36)22(14)33/h6-7,9,12,16-17,20,29-31,34,36H,8H2,1-5H3,(H2,26,35)/t9-,12+,16+,17-,20-,25-/m0/s1. The molecule has 1 saturated carbocycles. The van der Waals surface area contributed by atoms with Gasteiger partial charge in [-0.15, -0.1) is 0 Å². The van der Waals surface area contributed by atoms with Crippen molar-refractivity contribution in [3.63, 3.8) is 0 Å². The van der Waals surface area contributed by atoms with E-state index in [-0.39, 0.29) is 11.3 Å². The Balaban J connectivity index is 2.03. The Bertz CT molecular complexity index is 1250. The first-order valence-electron chi connectivity index (χ1n) is 11.5. The zero-order chi connectivity index (χ0) is 27.0. The van der Waals surface area contributed by atoms with E-state index in [2.05, 4.69) is 0 Å². The molecular formula is C25H31N3O8. The maximum absolute atomic E-state index is 13.9. The fourth-order valence-corrected chi connectivity index (χ4v) is 6.13. The quantitative estimate of drug-likeness (QED) is 0.295. The predicted octanol–water partition coefficient (Wildman–Crippen LogP) is -0.443. The lowest BCUT2D eigenvalue weighted by atomic mass is 9.54. The Labute approximate surface area is 207 Å². The summed E-state index contributed by atoms with van der Waals surface area (Å²) in [6.45, 7) is 2.03. The molecule has 11 nitrogen and oxygen atoms in total. The molecule has 0 radical (unpaired) electrons. The summed E-state index contributed by atoms with van der Waals surface area (Å²) in [5.41, 5.74) is 2.00. The molecule has 3 aliphatic carbocycles. The summed E-state index contributed by atoms with van der Waals surface area (Å²) in [6.07, 6.45) is -1.61. The Kier molecular flexibility index (Phi) is 6.03. The van der Waals surface area contributed by atoms with Gasteiger partial charge >= 0.3 is 0 Å². The molecular weight excluding hydrogens is 470 g/mol. The van der Waals surface area contributed by atoms with Gasteiger partial charge in [-0.2, -0.15) is 0 Å². The van der Waals surface area contributed by atoms with Crippen LogP contribution >= 0.6 is 0 Å². The number of fused-ring (bicyclic) bond motifs is 3. The molecule has 0 saturated heterocycles. The van der Waals surface area contributed by atoms with Crippen molar-refractivity contribution in [3.05, 3.63) is 45.7 Å². The number of amides is 1. The van der Waals surface area contributed by atoms with Crippen molar-refractivity contribution >= 4 is 23.2 Å². The molecule has 0 unspecified atom stereocenters. The van der Waals surface area contributed by atoms with E-state index in [0.717, 1.165) is 0 Å². The Morgan fingerprint density at radius 3 is 2.25 bits per heavy atom. The summed E-state index contributed by atoms with van der Waals surface area (Å²) in [6, 6.07) is 2.01. The molecule has 36 heavy (non-hydrogen) atoms. The SMILES string of the molecule is C[C@H]1c2ccc(CN(C)C)c(O)c2C(O)=C2C(=O)[C@]3(O)C(O)=C(C(N)=O)C(=O)[C@@H](N(C)C)[C@@H]3[C@@H](O)[C@@H]21. The second kappa shape index (κ2) is 8.41. The van der Waals surface area contributed by atoms with Crippen LogP contribution in [0.2, 0.25) is 0 Å². The van der Waals surface area contributed by atoms with E-state index in [9.17, 15) is 39.9 Å². The molecule has 4 rings (SSSR count). The first-order valence-corrected chi connectivity index (χ1v) is 11.5. The van der Waals surface area contributed by atoms with Crippen molar-refractivity contribution in [2.24, 2.45) is 17.6 Å². The average molecular weight is 502 g/mol. The van der Waals surface area contributed by atoms with Crippen LogP contribution in [0.5, 0.6) is 5.75 Å². The van der Waals surface area contributed by atoms with Gasteiger partial charge in [-0.1, -0.05) is 19.1 Å². The van der Waals surface area contributed by atoms with Crippen LogP contribution in [0.15, 0.2) is 29.0 Å². The average Bonchev–Trinajstić information content (AvgIpc) is 2.77. The number of ketones is 2. The van der Waals surface area contributed by atoms with Crippen LogP contribution < -0.4 is 5.73 Å². The maximum atomic E-state index is 13.9. The van der Waals surface area contributed by atoms with Crippen LogP contribution in [0, 0.1) is 11.8 Å². The lowest BCUT2D eigenvalue weighted by Crippen LogP contribution is -2.70. The van der Waals surface area contributed by atoms with Crippen molar-refractivity contribution in [2.45, 2.75) is 37.1 Å². The number of hydrogen-bond acceptors (Lipinski definition) is 10. The van der Waals surface area contributed by atoms with Crippen LogP contribution in [-0.2, 0) is 20.9 Å². The molecule has 11 heteroatoms. The third-order valence-corrected chi connectivity index (χ3v) is 7.70. The fraction of sp³-hybridized carbons (Fsp3) is 0.480. The lowest BCUT2D eigenvalue weighted by Gasteiger charge is -2.53. The zero-order valence-corrected chi connectivity index (χ0v) is 20.7. The van der Waals surface area contributed by atoms with Crippen LogP contribution in [0.4, 0.5) is 0 Å². The topological polar surface area (TPSA) is 185 Å². The van der Waals surface area contributed by atoms with Gasteiger partial charge < -0.3 is 36.2 Å². The van der Waals surface area contributed by atoms with Crippen LogP contribution in [0.25, 0.3) is 5.76 Å². The summed E-state index contributed by atoms with van der Waals surface area (Å²) >= 11 is 0. The summed E-state index contributed by atoms with van der Waals surface area (Å²) in [5.74, 6) is -8.87. The lowest BCUT2D eigenvalue weighted by molar-refractivity contribution is -0.169. The van der Waals surface area contributed by atoms with Gasteiger partial charge in [0.05, 0.1) is 23.6 Å². The minimum atomic E-state index is -2.92. The smallest absolute Gasteiger partial charge is 0.255 e. The third-order valence-electron chi connectivity index (χ3n) is 7.70. The summed E-state index contributed by atoms with van der Waals surface area (Å²) in [4.78, 5) is 42.3. The fourth-order valence-electron chi connectivity index (χ4n) is 6.13. The van der Waals surface area contributed by atoms with E-state index in [4.69, 9.17) is 5.73 Å². The molecule has 0 bridgehead atoms. The van der Waals surface area contributed by atoms with Crippen molar-refractivity contribution < 1.29 is 39.9 Å². The molecule has 6 atom stereocenters. The number of hydrogen-bond donors (Lipinski definition) is 6. The van der Waals surface area contributed by atoms with Gasteiger partial charge in [0, 0.05) is 23.6 Å². The van der Waals surface area contributed by atoms with Gasteiger partial charge in [-0.25, -0.2) is 0 Å². The summed E-state index contributed by atoms with van der Waals surface area (Å²) < 4.78 is 0. The molecule has 1 amide bonds. The van der Waals surface area contributed by atoms with Gasteiger partial charge in [0.2, 0.25) is 5.78 Å². The number of benzene rings is 1. The molecule has 1 aromatic rings. The number of nitrogens with zero attached hydrogens (tertiary/aromatic N) is 2. The summed E-state index contributed by atoms with van der Waals surface area (Å²) in [5, 5.41) is 56.4. The number of phenols is 1. The Morgan fingerprint density at radius 2 is 1.72 bits per heavy atom. The predicted molar refractivity (Wildman–Crippen MR) is 128 cm³/mol. The van der Waals surface area contributed by atoms with E-state index in [0.29, 0.717) is 17.7 Å². The number of carbonyl (C=O) groups is 3. The van der Waals surface area contributed by atoms with E-state index in [1.807, 2.05) is 0 Å². The third kappa shape index (κ3) is 3.23. The van der Waals surface area contributed by atoms with Gasteiger partial charge in [0.25, 0.3) is 5.91 Å². The molecule has 0 heterocycles. The Morgan fingerprint density at radius 1 is 1.11 bits per heavy atom. The van der Waals surface area contributed by atoms with Crippen LogP contribution in [-0.4, -0.2) is 98.7 Å². The van der Waals surface area contributed by atoms with Crippen molar-refractivity contribution in [1.29, 1.82) is 0 Å². The zero-order valence-electron chi connectivity index (χ0n) is 20.7. The molecule has 1 fully saturated rings. The number of phenolic OH excluding ortho intramolecular Hbond substituents is 1. The minimum Gasteiger partial charge on any atom is -0.508 e. The van der Waals surface area contributed by atoms with Gasteiger partial charge in [0.15, 0.2) is 11.4 Å². The molecule has 0 aromatic heterocycles. The Hall–Kier alpha value is -3.25. The second-order valence-electron chi connectivity index (χ2n) is 10.3. The van der Waals surface area contributed by atoms with E-state index in [1.165, 1.54) is 19.0 Å². The van der Waals surface area contributed by atoms with Gasteiger partial charge in [0.1, 0.15) is 22.8 Å². The van der Waals surface area contributed by atoms with Crippen molar-refractivity contribution in [3.8, 4) is 5.75 Å². The number of aromatic hydroxyl groups is 1. The number of likely N-dealkylation sites (N-methyl/N-ethyl adjacent to an activating group) is 1. The highest BCUT2D eigenvalue weighted by Crippen LogP contribution is 2.56. The number of rotatable bonds is 4. The number of nitrogens with two attached hydrogens (primary N) is 1. The monoisotopic (exact) mass is 501 g/mol. The van der Waals surface area contributed by atoms with E-state index >= 15 is 0 Å². The second-order valence-corrected chi connectivity index (χ2v) is 10.3. The highest BCUT2D eigenvalue weighted by atomic mass is 16.4. The number of Topliss-reactive ketones (excluding diaryl/α,β-unsaturated/α-hetero) is 2. The van der Waals surface area contributed by atoms with Crippen molar-refractivity contribution in [1.82, 2.24) is 9.80 Å². The van der Waals surface area contributed by atoms with Crippen LogP contribution in [0.1, 0.15) is 29.5 Å². The number of aliphatic hydroxyl groups is 4. The molecule has 194 valence electrons. The highest BCUT2D eigenvalue weighted by Gasteiger charge is 2.68. The molecule has 1 aromatic carbocycles. The summed E-state index contributed by atoms with van der Waals surface area (Å²) in [7, 11) is 6.52. The number of primary amides is 1.